The number of ether oxygens (including phenoxy) is 1. The van der Waals surface area contributed by atoms with Gasteiger partial charge in [0.25, 0.3) is 0 Å². The molecule has 0 aliphatic carbocycles. The van der Waals surface area contributed by atoms with Crippen LogP contribution in [-0.2, 0) is 19.6 Å². The molecule has 2 fully saturated rings. The minimum Gasteiger partial charge on any atom is -0.373 e. The van der Waals surface area contributed by atoms with E-state index in [-0.39, 0.29) is 18.1 Å². The SMILES string of the molecule is C[C@H]1CN(CC(=O)N2CCN(S(=O)(=O)c3ccccc3)CC2)C[C@H](C)O1. The molecule has 8 heteroatoms. The van der Waals surface area contributed by atoms with Gasteiger partial charge >= 0.3 is 0 Å². The van der Waals surface area contributed by atoms with E-state index in [1.54, 1.807) is 35.2 Å². The fourth-order valence-electron chi connectivity index (χ4n) is 3.62. The van der Waals surface area contributed by atoms with Gasteiger partial charge in [0.05, 0.1) is 23.6 Å². The number of hydrogen-bond donors (Lipinski definition) is 0. The molecule has 7 nitrogen and oxygen atoms in total. The van der Waals surface area contributed by atoms with E-state index < -0.39 is 10.0 Å². The lowest BCUT2D eigenvalue weighted by Crippen LogP contribution is -2.54. The van der Waals surface area contributed by atoms with Crippen molar-refractivity contribution < 1.29 is 17.9 Å². The number of carbonyl (C=O) groups excluding carboxylic acids is 1. The Kier molecular flexibility index (Phi) is 5.96. The van der Waals surface area contributed by atoms with Gasteiger partial charge in [-0.1, -0.05) is 18.2 Å². The summed E-state index contributed by atoms with van der Waals surface area (Å²) in [5.41, 5.74) is 0. The van der Waals surface area contributed by atoms with Gasteiger partial charge in [-0.15, -0.1) is 0 Å². The van der Waals surface area contributed by atoms with E-state index in [0.29, 0.717) is 37.6 Å². The number of nitrogens with zero attached hydrogens (tertiary/aromatic N) is 3. The van der Waals surface area contributed by atoms with E-state index in [2.05, 4.69) is 4.90 Å². The van der Waals surface area contributed by atoms with Crippen LogP contribution in [0.15, 0.2) is 35.2 Å². The molecule has 1 amide bonds. The van der Waals surface area contributed by atoms with Gasteiger partial charge in [-0.25, -0.2) is 8.42 Å². The monoisotopic (exact) mass is 381 g/mol. The predicted molar refractivity (Wildman–Crippen MR) is 98.2 cm³/mol. The summed E-state index contributed by atoms with van der Waals surface area (Å²) in [5.74, 6) is 0.0584. The second-order valence-corrected chi connectivity index (χ2v) is 8.99. The first-order valence-electron chi connectivity index (χ1n) is 9.07. The number of benzene rings is 1. The third-order valence-corrected chi connectivity index (χ3v) is 6.74. The van der Waals surface area contributed by atoms with Gasteiger partial charge in [0.1, 0.15) is 0 Å². The highest BCUT2D eigenvalue weighted by Gasteiger charge is 2.31. The zero-order valence-electron chi connectivity index (χ0n) is 15.4. The molecule has 2 heterocycles. The van der Waals surface area contributed by atoms with Crippen LogP contribution in [0.1, 0.15) is 13.8 Å². The minimum atomic E-state index is -3.48. The van der Waals surface area contributed by atoms with E-state index in [1.807, 2.05) is 13.8 Å². The maximum absolute atomic E-state index is 12.7. The molecule has 1 aromatic carbocycles. The van der Waals surface area contributed by atoms with Crippen molar-refractivity contribution in [2.75, 3.05) is 45.8 Å². The molecule has 3 rings (SSSR count). The number of amides is 1. The van der Waals surface area contributed by atoms with Gasteiger partial charge in [-0.05, 0) is 26.0 Å². The van der Waals surface area contributed by atoms with Crippen molar-refractivity contribution in [3.8, 4) is 0 Å². The van der Waals surface area contributed by atoms with Gasteiger partial charge in [0.2, 0.25) is 15.9 Å². The summed E-state index contributed by atoms with van der Waals surface area (Å²) in [4.78, 5) is 16.8. The lowest BCUT2D eigenvalue weighted by Gasteiger charge is -2.38. The number of carbonyl (C=O) groups is 1. The molecule has 0 bridgehead atoms. The quantitative estimate of drug-likeness (QED) is 0.765. The molecule has 0 spiro atoms. The second-order valence-electron chi connectivity index (χ2n) is 7.05. The predicted octanol–water partition coefficient (Wildman–Crippen LogP) is 0.629. The summed E-state index contributed by atoms with van der Waals surface area (Å²) < 4.78 is 32.5. The molecular formula is C18H27N3O4S. The van der Waals surface area contributed by atoms with Crippen molar-refractivity contribution in [1.29, 1.82) is 0 Å². The number of sulfonamides is 1. The Bertz CT molecular complexity index is 707. The van der Waals surface area contributed by atoms with E-state index in [9.17, 15) is 13.2 Å². The third kappa shape index (κ3) is 4.43. The van der Waals surface area contributed by atoms with Crippen LogP contribution in [0.25, 0.3) is 0 Å². The molecule has 2 atom stereocenters. The minimum absolute atomic E-state index is 0.0584. The Morgan fingerprint density at radius 1 is 1.04 bits per heavy atom. The summed E-state index contributed by atoms with van der Waals surface area (Å²) in [6.07, 6.45) is 0.249. The van der Waals surface area contributed by atoms with E-state index in [0.717, 1.165) is 13.1 Å². The lowest BCUT2D eigenvalue weighted by molar-refractivity contribution is -0.137. The Morgan fingerprint density at radius 2 is 1.62 bits per heavy atom. The normalized spacial score (nSPS) is 26.0. The van der Waals surface area contributed by atoms with Crippen LogP contribution in [0, 0.1) is 0 Å². The average molecular weight is 381 g/mol. The summed E-state index contributed by atoms with van der Waals surface area (Å²) in [5, 5.41) is 0. The zero-order valence-corrected chi connectivity index (χ0v) is 16.2. The van der Waals surface area contributed by atoms with Gasteiger partial charge in [0.15, 0.2) is 0 Å². The van der Waals surface area contributed by atoms with Crippen LogP contribution in [-0.4, -0.2) is 86.5 Å². The van der Waals surface area contributed by atoms with Crippen molar-refractivity contribution in [3.05, 3.63) is 30.3 Å². The molecule has 2 aliphatic rings. The van der Waals surface area contributed by atoms with Crippen LogP contribution < -0.4 is 0 Å². The average Bonchev–Trinajstić information content (AvgIpc) is 2.61. The highest BCUT2D eigenvalue weighted by Crippen LogP contribution is 2.17. The van der Waals surface area contributed by atoms with Gasteiger partial charge in [-0.3, -0.25) is 9.69 Å². The van der Waals surface area contributed by atoms with Crippen molar-refractivity contribution in [2.45, 2.75) is 31.0 Å². The third-order valence-electron chi connectivity index (χ3n) is 4.83. The summed E-state index contributed by atoms with van der Waals surface area (Å²) in [7, 11) is -3.48. The maximum atomic E-state index is 12.7. The smallest absolute Gasteiger partial charge is 0.243 e. The van der Waals surface area contributed by atoms with Crippen LogP contribution in [0.5, 0.6) is 0 Å². The fraction of sp³-hybridized carbons (Fsp3) is 0.611. The molecule has 2 saturated heterocycles. The highest BCUT2D eigenvalue weighted by atomic mass is 32.2. The second kappa shape index (κ2) is 8.04. The molecular weight excluding hydrogens is 354 g/mol. The maximum Gasteiger partial charge on any atom is 0.243 e. The first-order valence-corrected chi connectivity index (χ1v) is 10.5. The molecule has 2 aliphatic heterocycles. The molecule has 0 saturated carbocycles. The molecule has 144 valence electrons. The van der Waals surface area contributed by atoms with Gasteiger partial charge < -0.3 is 9.64 Å². The van der Waals surface area contributed by atoms with E-state index >= 15 is 0 Å². The molecule has 1 aromatic rings. The first kappa shape index (κ1) is 19.3. The van der Waals surface area contributed by atoms with E-state index in [4.69, 9.17) is 4.74 Å². The van der Waals surface area contributed by atoms with Crippen LogP contribution in [0.4, 0.5) is 0 Å². The van der Waals surface area contributed by atoms with Crippen molar-refractivity contribution in [3.63, 3.8) is 0 Å². The Morgan fingerprint density at radius 3 is 2.19 bits per heavy atom. The van der Waals surface area contributed by atoms with Crippen molar-refractivity contribution in [1.82, 2.24) is 14.1 Å². The van der Waals surface area contributed by atoms with Crippen LogP contribution in [0.2, 0.25) is 0 Å². The summed E-state index contributed by atoms with van der Waals surface area (Å²) >= 11 is 0. The van der Waals surface area contributed by atoms with Crippen LogP contribution in [0.3, 0.4) is 0 Å². The number of morpholine rings is 1. The topological polar surface area (TPSA) is 70.2 Å². The molecule has 26 heavy (non-hydrogen) atoms. The Hall–Kier alpha value is -1.48. The molecule has 0 radical (unpaired) electrons. The largest absolute Gasteiger partial charge is 0.373 e. The highest BCUT2D eigenvalue weighted by molar-refractivity contribution is 7.89. The summed E-state index contributed by atoms with van der Waals surface area (Å²) in [6, 6.07) is 8.44. The van der Waals surface area contributed by atoms with Crippen molar-refractivity contribution in [2.24, 2.45) is 0 Å². The van der Waals surface area contributed by atoms with Gasteiger partial charge in [-0.2, -0.15) is 4.31 Å². The fourth-order valence-corrected chi connectivity index (χ4v) is 5.07. The van der Waals surface area contributed by atoms with Crippen LogP contribution >= 0.6 is 0 Å². The van der Waals surface area contributed by atoms with Crippen molar-refractivity contribution >= 4 is 15.9 Å². The summed E-state index contributed by atoms with van der Waals surface area (Å²) in [6.45, 7) is 7.42. The standard InChI is InChI=1S/C18H27N3O4S/c1-15-12-19(13-16(2)25-15)14-18(22)20-8-10-21(11-9-20)26(23,24)17-6-4-3-5-7-17/h3-7,15-16H,8-14H2,1-2H3/t15-,16-/m0/s1. The molecule has 0 N–H and O–H groups in total. The molecule has 0 aromatic heterocycles. The van der Waals surface area contributed by atoms with Gasteiger partial charge in [0, 0.05) is 39.3 Å². The first-order chi connectivity index (χ1) is 12.4. The lowest BCUT2D eigenvalue weighted by atomic mass is 10.2. The number of rotatable bonds is 4. The van der Waals surface area contributed by atoms with E-state index in [1.165, 1.54) is 4.31 Å². The zero-order chi connectivity index (χ0) is 18.7. The Balaban J connectivity index is 1.54. The number of piperazine rings is 1. The molecule has 0 unspecified atom stereocenters. The Labute approximate surface area is 155 Å². The number of hydrogen-bond acceptors (Lipinski definition) is 5.